The minimum absolute atomic E-state index is 0.121. The summed E-state index contributed by atoms with van der Waals surface area (Å²) in [7, 11) is 0. The highest BCUT2D eigenvalue weighted by atomic mass is 16.3. The van der Waals surface area contributed by atoms with Gasteiger partial charge in [0.05, 0.1) is 6.10 Å². The van der Waals surface area contributed by atoms with Crippen LogP contribution in [0.15, 0.2) is 60.7 Å². The largest absolute Gasteiger partial charge is 0.389 e. The Hall–Kier alpha value is -1.93. The maximum absolute atomic E-state index is 10.6. The third kappa shape index (κ3) is 4.93. The van der Waals surface area contributed by atoms with Gasteiger partial charge in [0, 0.05) is 5.56 Å². The van der Waals surface area contributed by atoms with E-state index in [4.69, 9.17) is 5.11 Å². The summed E-state index contributed by atoms with van der Waals surface area (Å²) in [5.41, 5.74) is 1.75. The van der Waals surface area contributed by atoms with Gasteiger partial charge in [-0.2, -0.15) is 0 Å². The molecule has 0 amide bonds. The number of aliphatic hydroxyl groups excluding tert-OH is 1. The minimum atomic E-state index is -0.341. The highest BCUT2D eigenvalue weighted by molar-refractivity contribution is 5.93. The summed E-state index contributed by atoms with van der Waals surface area (Å²) in [5, 5.41) is 9.02. The first-order valence-corrected chi connectivity index (χ1v) is 5.90. The van der Waals surface area contributed by atoms with E-state index in [1.165, 1.54) is 0 Å². The lowest BCUT2D eigenvalue weighted by molar-refractivity contribution is 0.101. The van der Waals surface area contributed by atoms with E-state index in [0.29, 0.717) is 0 Å². The van der Waals surface area contributed by atoms with Crippen molar-refractivity contribution in [2.45, 2.75) is 20.0 Å². The van der Waals surface area contributed by atoms with Crippen molar-refractivity contribution in [2.75, 3.05) is 0 Å². The molecule has 0 heterocycles. The molecule has 0 aliphatic heterocycles. The molecule has 2 rings (SSSR count). The molecule has 0 radical (unpaired) electrons. The molecule has 2 aromatic rings. The van der Waals surface area contributed by atoms with Gasteiger partial charge in [-0.05, 0) is 19.4 Å². The number of rotatable bonds is 2. The molecule has 0 saturated heterocycles. The van der Waals surface area contributed by atoms with Gasteiger partial charge in [-0.1, -0.05) is 60.7 Å². The van der Waals surface area contributed by atoms with Gasteiger partial charge in [0.25, 0.3) is 0 Å². The van der Waals surface area contributed by atoms with Gasteiger partial charge in [0.1, 0.15) is 0 Å². The van der Waals surface area contributed by atoms with E-state index < -0.39 is 0 Å². The zero-order valence-electron chi connectivity index (χ0n) is 10.7. The Balaban J connectivity index is 0.000000180. The standard InChI is InChI=1S/C8H10O.C8H8O/c2*1-7(9)8-5-3-2-4-6-8/h2-7,9H,1H3;2-6H,1H3/t7-;/m1./s1. The van der Waals surface area contributed by atoms with Crippen molar-refractivity contribution in [3.05, 3.63) is 71.8 Å². The summed E-state index contributed by atoms with van der Waals surface area (Å²) in [6.45, 7) is 3.32. The van der Waals surface area contributed by atoms with Crippen LogP contribution in [0, 0.1) is 0 Å². The van der Waals surface area contributed by atoms with Crippen LogP contribution >= 0.6 is 0 Å². The Bertz CT molecular complexity index is 461. The monoisotopic (exact) mass is 242 g/mol. The summed E-state index contributed by atoms with van der Waals surface area (Å²) in [6.07, 6.45) is -0.341. The van der Waals surface area contributed by atoms with Gasteiger partial charge >= 0.3 is 0 Å². The smallest absolute Gasteiger partial charge is 0.159 e. The molecule has 2 heteroatoms. The van der Waals surface area contributed by atoms with E-state index in [0.717, 1.165) is 11.1 Å². The van der Waals surface area contributed by atoms with Crippen molar-refractivity contribution < 1.29 is 9.90 Å². The van der Waals surface area contributed by atoms with E-state index in [2.05, 4.69) is 0 Å². The number of Topliss-reactive ketones (excluding diaryl/α,β-unsaturated/α-hetero) is 1. The highest BCUT2D eigenvalue weighted by Gasteiger charge is 1.95. The third-order valence-electron chi connectivity index (χ3n) is 2.46. The van der Waals surface area contributed by atoms with Crippen molar-refractivity contribution in [3.8, 4) is 0 Å². The molecule has 2 aromatic carbocycles. The fourth-order valence-corrected chi connectivity index (χ4v) is 1.40. The Labute approximate surface area is 108 Å². The van der Waals surface area contributed by atoms with E-state index in [9.17, 15) is 4.79 Å². The van der Waals surface area contributed by atoms with Gasteiger partial charge < -0.3 is 5.11 Å². The molecule has 1 atom stereocenters. The summed E-state index contributed by atoms with van der Waals surface area (Å²) in [6, 6.07) is 18.8. The lowest BCUT2D eigenvalue weighted by Crippen LogP contribution is -1.88. The number of carbonyl (C=O) groups excluding carboxylic acids is 1. The van der Waals surface area contributed by atoms with Crippen LogP contribution in [0.3, 0.4) is 0 Å². The Morgan fingerprint density at radius 1 is 0.944 bits per heavy atom. The van der Waals surface area contributed by atoms with E-state index in [-0.39, 0.29) is 11.9 Å². The lowest BCUT2D eigenvalue weighted by atomic mass is 10.1. The number of benzene rings is 2. The Morgan fingerprint density at radius 3 is 1.67 bits per heavy atom. The SMILES string of the molecule is CC(=O)c1ccccc1.C[C@@H](O)c1ccccc1. The molecular formula is C16H18O2. The Morgan fingerprint density at radius 2 is 1.39 bits per heavy atom. The van der Waals surface area contributed by atoms with Crippen molar-refractivity contribution in [1.29, 1.82) is 0 Å². The predicted molar refractivity (Wildman–Crippen MR) is 73.5 cm³/mol. The van der Waals surface area contributed by atoms with E-state index in [1.54, 1.807) is 13.8 Å². The van der Waals surface area contributed by atoms with Crippen LogP contribution in [-0.2, 0) is 0 Å². The second kappa shape index (κ2) is 7.41. The number of aliphatic hydroxyl groups is 1. The minimum Gasteiger partial charge on any atom is -0.389 e. The quantitative estimate of drug-likeness (QED) is 0.816. The molecule has 0 saturated carbocycles. The molecule has 0 aliphatic rings. The molecule has 18 heavy (non-hydrogen) atoms. The number of hydrogen-bond acceptors (Lipinski definition) is 2. The van der Waals surface area contributed by atoms with Gasteiger partial charge in [0.2, 0.25) is 0 Å². The molecule has 0 aromatic heterocycles. The molecule has 1 N–H and O–H groups in total. The Kier molecular flexibility index (Phi) is 5.81. The molecule has 2 nitrogen and oxygen atoms in total. The maximum Gasteiger partial charge on any atom is 0.159 e. The van der Waals surface area contributed by atoms with Crippen molar-refractivity contribution in [1.82, 2.24) is 0 Å². The zero-order chi connectivity index (χ0) is 13.4. The molecular weight excluding hydrogens is 224 g/mol. The van der Waals surface area contributed by atoms with Gasteiger partial charge in [0.15, 0.2) is 5.78 Å². The maximum atomic E-state index is 10.6. The number of carbonyl (C=O) groups is 1. The van der Waals surface area contributed by atoms with Crippen LogP contribution in [0.4, 0.5) is 0 Å². The summed E-state index contributed by atoms with van der Waals surface area (Å²) in [5.74, 6) is 0.121. The van der Waals surface area contributed by atoms with Crippen LogP contribution in [0.1, 0.15) is 35.9 Å². The van der Waals surface area contributed by atoms with Crippen LogP contribution < -0.4 is 0 Å². The fourth-order valence-electron chi connectivity index (χ4n) is 1.40. The number of ketones is 1. The average molecular weight is 242 g/mol. The second-order valence-electron chi connectivity index (χ2n) is 4.01. The van der Waals surface area contributed by atoms with Crippen LogP contribution in [0.2, 0.25) is 0 Å². The zero-order valence-corrected chi connectivity index (χ0v) is 10.7. The topological polar surface area (TPSA) is 37.3 Å². The normalized spacial score (nSPS) is 11.1. The average Bonchev–Trinajstić information content (AvgIpc) is 2.41. The summed E-state index contributed by atoms with van der Waals surface area (Å²) < 4.78 is 0. The van der Waals surface area contributed by atoms with E-state index >= 15 is 0 Å². The first kappa shape index (κ1) is 14.1. The summed E-state index contributed by atoms with van der Waals surface area (Å²) in [4.78, 5) is 10.6. The van der Waals surface area contributed by atoms with Crippen LogP contribution in [0.25, 0.3) is 0 Å². The third-order valence-corrected chi connectivity index (χ3v) is 2.46. The predicted octanol–water partition coefficient (Wildman–Crippen LogP) is 3.63. The lowest BCUT2D eigenvalue weighted by Gasteiger charge is -2.00. The number of hydrogen-bond donors (Lipinski definition) is 1. The van der Waals surface area contributed by atoms with Crippen LogP contribution in [-0.4, -0.2) is 10.9 Å². The molecule has 0 spiro atoms. The first-order valence-electron chi connectivity index (χ1n) is 5.90. The molecule has 0 fully saturated rings. The summed E-state index contributed by atoms with van der Waals surface area (Å²) >= 11 is 0. The molecule has 0 unspecified atom stereocenters. The molecule has 0 bridgehead atoms. The second-order valence-corrected chi connectivity index (χ2v) is 4.01. The highest BCUT2D eigenvalue weighted by Crippen LogP contribution is 2.09. The molecule has 94 valence electrons. The van der Waals surface area contributed by atoms with Crippen LogP contribution in [0.5, 0.6) is 0 Å². The van der Waals surface area contributed by atoms with Gasteiger partial charge in [-0.3, -0.25) is 4.79 Å². The first-order chi connectivity index (χ1) is 8.61. The van der Waals surface area contributed by atoms with Crippen molar-refractivity contribution >= 4 is 5.78 Å². The van der Waals surface area contributed by atoms with Crippen molar-refractivity contribution in [3.63, 3.8) is 0 Å². The van der Waals surface area contributed by atoms with Gasteiger partial charge in [-0.15, -0.1) is 0 Å². The van der Waals surface area contributed by atoms with E-state index in [1.807, 2.05) is 60.7 Å². The van der Waals surface area contributed by atoms with Crippen molar-refractivity contribution in [2.24, 2.45) is 0 Å². The van der Waals surface area contributed by atoms with Gasteiger partial charge in [-0.25, -0.2) is 0 Å². The fraction of sp³-hybridized carbons (Fsp3) is 0.188. The molecule has 0 aliphatic carbocycles.